The molecule has 0 aliphatic heterocycles. The van der Waals surface area contributed by atoms with Crippen LogP contribution in [0.3, 0.4) is 0 Å². The predicted molar refractivity (Wildman–Crippen MR) is 85.0 cm³/mol. The lowest BCUT2D eigenvalue weighted by Crippen LogP contribution is -2.11. The van der Waals surface area contributed by atoms with Crippen LogP contribution < -0.4 is 4.74 Å². The number of nitrogens with zero attached hydrogens (tertiary/aromatic N) is 2. The Morgan fingerprint density at radius 2 is 2.00 bits per heavy atom. The first kappa shape index (κ1) is 14.8. The topological polar surface area (TPSA) is 44.1 Å². The number of ether oxygens (including phenoxy) is 1. The van der Waals surface area contributed by atoms with Gasteiger partial charge >= 0.3 is 0 Å². The van der Waals surface area contributed by atoms with Crippen molar-refractivity contribution >= 4 is 5.78 Å². The van der Waals surface area contributed by atoms with Crippen LogP contribution in [-0.4, -0.2) is 15.6 Å². The average molecular weight is 298 g/mol. The zero-order valence-electron chi connectivity index (χ0n) is 13.0. The van der Waals surface area contributed by atoms with Crippen LogP contribution in [-0.2, 0) is 13.2 Å². The van der Waals surface area contributed by atoms with Gasteiger partial charge < -0.3 is 4.74 Å². The van der Waals surface area contributed by atoms with Crippen molar-refractivity contribution < 1.29 is 9.53 Å². The van der Waals surface area contributed by atoms with Crippen LogP contribution in [0.25, 0.3) is 0 Å². The number of hydrogen-bond donors (Lipinski definition) is 0. The average Bonchev–Trinajstić information content (AvgIpc) is 3.17. The van der Waals surface area contributed by atoms with E-state index in [1.165, 1.54) is 25.7 Å². The molecule has 1 aromatic carbocycles. The van der Waals surface area contributed by atoms with Gasteiger partial charge in [-0.15, -0.1) is 0 Å². The van der Waals surface area contributed by atoms with Crippen LogP contribution in [0.5, 0.6) is 5.88 Å². The molecule has 0 amide bonds. The fraction of sp³-hybridized carbons (Fsp3) is 0.444. The highest BCUT2D eigenvalue weighted by Crippen LogP contribution is 2.28. The number of ketones is 1. The van der Waals surface area contributed by atoms with Gasteiger partial charge in [-0.2, -0.15) is 5.10 Å². The minimum absolute atomic E-state index is 0.0188. The van der Waals surface area contributed by atoms with Crippen molar-refractivity contribution in [2.45, 2.75) is 45.8 Å². The van der Waals surface area contributed by atoms with E-state index in [0.29, 0.717) is 24.1 Å². The predicted octanol–water partition coefficient (Wildman–Crippen LogP) is 3.85. The smallest absolute Gasteiger partial charge is 0.212 e. The van der Waals surface area contributed by atoms with E-state index < -0.39 is 0 Å². The second kappa shape index (κ2) is 6.77. The first-order chi connectivity index (χ1) is 10.7. The molecule has 4 heteroatoms. The third-order valence-electron chi connectivity index (χ3n) is 4.24. The largest absolute Gasteiger partial charge is 0.473 e. The molecular formula is C18H22N2O2. The fourth-order valence-electron chi connectivity index (χ4n) is 2.99. The Labute approximate surface area is 131 Å². The molecule has 1 aliphatic rings. The lowest BCUT2D eigenvalue weighted by molar-refractivity contribution is 0.101. The summed E-state index contributed by atoms with van der Waals surface area (Å²) in [6, 6.07) is 11.8. The maximum absolute atomic E-state index is 11.6. The molecule has 116 valence electrons. The summed E-state index contributed by atoms with van der Waals surface area (Å²) in [7, 11) is 0. The molecule has 2 aromatic rings. The van der Waals surface area contributed by atoms with Crippen molar-refractivity contribution in [3.05, 3.63) is 47.7 Å². The highest BCUT2D eigenvalue weighted by molar-refractivity contribution is 5.92. The normalized spacial score (nSPS) is 15.1. The number of benzene rings is 1. The van der Waals surface area contributed by atoms with Gasteiger partial charge in [-0.05, 0) is 24.3 Å². The number of hydrogen-bond acceptors (Lipinski definition) is 3. The molecule has 0 radical (unpaired) electrons. The van der Waals surface area contributed by atoms with E-state index in [1.807, 2.05) is 35.0 Å². The fourth-order valence-corrected chi connectivity index (χ4v) is 2.99. The van der Waals surface area contributed by atoms with Crippen LogP contribution in [0.2, 0.25) is 0 Å². The van der Waals surface area contributed by atoms with E-state index in [1.54, 1.807) is 13.0 Å². The van der Waals surface area contributed by atoms with Crippen LogP contribution in [0, 0.1) is 5.92 Å². The number of carbonyl (C=O) groups is 1. The van der Waals surface area contributed by atoms with E-state index >= 15 is 0 Å². The summed E-state index contributed by atoms with van der Waals surface area (Å²) in [6.45, 7) is 2.88. The number of aromatic nitrogens is 2. The SMILES string of the molecule is CC(=O)c1cc(OCc2ccccc2)n(CC2CCCC2)n1. The van der Waals surface area contributed by atoms with Gasteiger partial charge in [-0.1, -0.05) is 43.2 Å². The number of carbonyl (C=O) groups excluding carboxylic acids is 1. The highest BCUT2D eigenvalue weighted by Gasteiger charge is 2.19. The summed E-state index contributed by atoms with van der Waals surface area (Å²) < 4.78 is 7.78. The van der Waals surface area contributed by atoms with E-state index in [0.717, 1.165) is 12.1 Å². The van der Waals surface area contributed by atoms with Gasteiger partial charge in [0.2, 0.25) is 5.88 Å². The molecule has 1 aromatic heterocycles. The first-order valence-corrected chi connectivity index (χ1v) is 7.98. The monoisotopic (exact) mass is 298 g/mol. The van der Waals surface area contributed by atoms with E-state index in [9.17, 15) is 4.79 Å². The van der Waals surface area contributed by atoms with Gasteiger partial charge in [-0.3, -0.25) is 4.79 Å². The van der Waals surface area contributed by atoms with Crippen molar-refractivity contribution in [3.63, 3.8) is 0 Å². The second-order valence-corrected chi connectivity index (χ2v) is 6.03. The third-order valence-corrected chi connectivity index (χ3v) is 4.24. The van der Waals surface area contributed by atoms with Gasteiger partial charge in [0, 0.05) is 19.5 Å². The van der Waals surface area contributed by atoms with Crippen molar-refractivity contribution in [1.82, 2.24) is 9.78 Å². The van der Waals surface area contributed by atoms with E-state index in [2.05, 4.69) is 5.10 Å². The first-order valence-electron chi connectivity index (χ1n) is 7.98. The van der Waals surface area contributed by atoms with Crippen LogP contribution in [0.1, 0.15) is 48.7 Å². The molecule has 1 heterocycles. The molecule has 1 aliphatic carbocycles. The van der Waals surface area contributed by atoms with Crippen molar-refractivity contribution in [2.75, 3.05) is 0 Å². The summed E-state index contributed by atoms with van der Waals surface area (Å²) in [5, 5.41) is 4.43. The number of Topliss-reactive ketones (excluding diaryl/α,β-unsaturated/α-hetero) is 1. The number of rotatable bonds is 6. The van der Waals surface area contributed by atoms with Gasteiger partial charge in [-0.25, -0.2) is 4.68 Å². The van der Waals surface area contributed by atoms with E-state index in [-0.39, 0.29) is 5.78 Å². The zero-order chi connectivity index (χ0) is 15.4. The van der Waals surface area contributed by atoms with Gasteiger partial charge in [0.05, 0.1) is 0 Å². The van der Waals surface area contributed by atoms with Gasteiger partial charge in [0.15, 0.2) is 5.78 Å². The van der Waals surface area contributed by atoms with Crippen LogP contribution in [0.4, 0.5) is 0 Å². The standard InChI is InChI=1S/C18H22N2O2/c1-14(21)17-11-18(22-13-16-9-3-2-4-10-16)20(19-17)12-15-7-5-6-8-15/h2-4,9-11,15H,5-8,12-13H2,1H3. The summed E-state index contributed by atoms with van der Waals surface area (Å²) in [4.78, 5) is 11.6. The third kappa shape index (κ3) is 3.56. The Kier molecular flexibility index (Phi) is 4.56. The van der Waals surface area contributed by atoms with Crippen molar-refractivity contribution in [2.24, 2.45) is 5.92 Å². The minimum atomic E-state index is -0.0188. The summed E-state index contributed by atoms with van der Waals surface area (Å²) >= 11 is 0. The Morgan fingerprint density at radius 1 is 1.27 bits per heavy atom. The Hall–Kier alpha value is -2.10. The van der Waals surface area contributed by atoms with Crippen molar-refractivity contribution in [3.8, 4) is 5.88 Å². The maximum Gasteiger partial charge on any atom is 0.212 e. The molecule has 0 saturated heterocycles. The molecule has 0 spiro atoms. The second-order valence-electron chi connectivity index (χ2n) is 6.03. The molecule has 1 fully saturated rings. The van der Waals surface area contributed by atoms with Crippen LogP contribution in [0.15, 0.2) is 36.4 Å². The Balaban J connectivity index is 1.73. The minimum Gasteiger partial charge on any atom is -0.473 e. The summed E-state index contributed by atoms with van der Waals surface area (Å²) in [6.07, 6.45) is 5.08. The molecular weight excluding hydrogens is 276 g/mol. The zero-order valence-corrected chi connectivity index (χ0v) is 13.0. The lowest BCUT2D eigenvalue weighted by Gasteiger charge is -2.13. The molecule has 22 heavy (non-hydrogen) atoms. The molecule has 3 rings (SSSR count). The molecule has 0 atom stereocenters. The lowest BCUT2D eigenvalue weighted by atomic mass is 10.1. The Morgan fingerprint density at radius 3 is 2.68 bits per heavy atom. The molecule has 0 bridgehead atoms. The molecule has 0 N–H and O–H groups in total. The van der Waals surface area contributed by atoms with Gasteiger partial charge in [0.1, 0.15) is 12.3 Å². The molecule has 4 nitrogen and oxygen atoms in total. The highest BCUT2D eigenvalue weighted by atomic mass is 16.5. The van der Waals surface area contributed by atoms with Crippen LogP contribution >= 0.6 is 0 Å². The summed E-state index contributed by atoms with van der Waals surface area (Å²) in [5.74, 6) is 1.33. The maximum atomic E-state index is 11.6. The van der Waals surface area contributed by atoms with E-state index in [4.69, 9.17) is 4.74 Å². The Bertz CT molecular complexity index is 628. The summed E-state index contributed by atoms with van der Waals surface area (Å²) in [5.41, 5.74) is 1.60. The molecule has 1 saturated carbocycles. The van der Waals surface area contributed by atoms with Gasteiger partial charge in [0.25, 0.3) is 0 Å². The van der Waals surface area contributed by atoms with Crippen molar-refractivity contribution in [1.29, 1.82) is 0 Å². The molecule has 0 unspecified atom stereocenters. The quantitative estimate of drug-likeness (QED) is 0.761.